The fraction of sp³-hybridized carbons (Fsp3) is 0.385. The van der Waals surface area contributed by atoms with Crippen molar-refractivity contribution in [2.45, 2.75) is 25.4 Å². The van der Waals surface area contributed by atoms with Crippen LogP contribution in [-0.2, 0) is 11.3 Å². The Hall–Kier alpha value is -3.56. The van der Waals surface area contributed by atoms with Gasteiger partial charge in [-0.05, 0) is 48.7 Å². The first kappa shape index (κ1) is 21.9. The lowest BCUT2D eigenvalue weighted by Gasteiger charge is -2.32. The van der Waals surface area contributed by atoms with Crippen molar-refractivity contribution < 1.29 is 4.74 Å². The molecule has 0 atom stereocenters. The number of hydrogen-bond acceptors (Lipinski definition) is 8. The molecule has 2 saturated heterocycles. The van der Waals surface area contributed by atoms with Gasteiger partial charge in [0.2, 0.25) is 0 Å². The van der Waals surface area contributed by atoms with E-state index in [1.807, 2.05) is 49.1 Å². The number of rotatable bonds is 5. The first-order chi connectivity index (χ1) is 17.2. The lowest BCUT2D eigenvalue weighted by molar-refractivity contribution is 0.122. The van der Waals surface area contributed by atoms with Crippen LogP contribution in [0.15, 0.2) is 55.1 Å². The molecule has 0 spiro atoms. The molecule has 6 rings (SSSR count). The smallest absolute Gasteiger partial charge is 0.166 e. The van der Waals surface area contributed by atoms with Crippen LogP contribution >= 0.6 is 0 Å². The van der Waals surface area contributed by atoms with Crippen LogP contribution in [0.2, 0.25) is 0 Å². The maximum atomic E-state index is 5.92. The minimum Gasteiger partial charge on any atom is -0.399 e. The Kier molecular flexibility index (Phi) is 6.01. The van der Waals surface area contributed by atoms with Crippen LogP contribution in [-0.4, -0.2) is 68.8 Å². The van der Waals surface area contributed by atoms with Crippen molar-refractivity contribution in [1.82, 2.24) is 29.4 Å². The number of hydrogen-bond donors (Lipinski definition) is 1. The van der Waals surface area contributed by atoms with Gasteiger partial charge in [0, 0.05) is 62.4 Å². The standard InChI is InChI=1S/C26H30N8O/c27-21-5-3-20(4-6-21)24-30-25(33-12-14-35-15-13-33)23-26(31-24)34(18-29-23)22-7-10-32(11-8-22)17-19-2-1-9-28-16-19/h1-6,9,16,18,22H,7-8,10-15,17,27H2. The average Bonchev–Trinajstić information content (AvgIpc) is 3.34. The number of piperidine rings is 1. The third-order valence-corrected chi connectivity index (χ3v) is 6.96. The SMILES string of the molecule is Nc1ccc(-c2nc(N3CCOCC3)c3ncn(C4CCN(Cc5cccnc5)CC4)c3n2)cc1. The summed E-state index contributed by atoms with van der Waals surface area (Å²) in [4.78, 5) is 23.8. The van der Waals surface area contributed by atoms with Crippen LogP contribution < -0.4 is 10.6 Å². The van der Waals surface area contributed by atoms with Gasteiger partial charge in [0.25, 0.3) is 0 Å². The van der Waals surface area contributed by atoms with Crippen molar-refractivity contribution in [3.05, 3.63) is 60.7 Å². The molecule has 2 aliphatic rings. The molecule has 180 valence electrons. The molecule has 2 aliphatic heterocycles. The Balaban J connectivity index is 1.31. The van der Waals surface area contributed by atoms with E-state index in [2.05, 4.69) is 25.4 Å². The van der Waals surface area contributed by atoms with Crippen LogP contribution in [0, 0.1) is 0 Å². The summed E-state index contributed by atoms with van der Waals surface area (Å²) in [7, 11) is 0. The molecule has 2 fully saturated rings. The molecule has 0 saturated carbocycles. The first-order valence-corrected chi connectivity index (χ1v) is 12.3. The van der Waals surface area contributed by atoms with Crippen molar-refractivity contribution >= 4 is 22.7 Å². The molecular formula is C26H30N8O. The quantitative estimate of drug-likeness (QED) is 0.444. The van der Waals surface area contributed by atoms with Gasteiger partial charge in [-0.3, -0.25) is 9.88 Å². The Labute approximate surface area is 204 Å². The molecule has 0 radical (unpaired) electrons. The first-order valence-electron chi connectivity index (χ1n) is 12.3. The van der Waals surface area contributed by atoms with E-state index in [9.17, 15) is 0 Å². The summed E-state index contributed by atoms with van der Waals surface area (Å²) in [5, 5.41) is 0. The number of nitrogens with two attached hydrogens (primary N) is 1. The van der Waals surface area contributed by atoms with Crippen LogP contribution in [0.5, 0.6) is 0 Å². The van der Waals surface area contributed by atoms with E-state index in [1.165, 1.54) is 5.56 Å². The van der Waals surface area contributed by atoms with Crippen LogP contribution in [0.25, 0.3) is 22.6 Å². The number of ether oxygens (including phenoxy) is 1. The minimum absolute atomic E-state index is 0.358. The van der Waals surface area contributed by atoms with Crippen LogP contribution in [0.4, 0.5) is 11.5 Å². The van der Waals surface area contributed by atoms with E-state index in [1.54, 1.807) is 0 Å². The Morgan fingerprint density at radius 2 is 1.77 bits per heavy atom. The molecule has 5 heterocycles. The zero-order valence-electron chi connectivity index (χ0n) is 19.8. The third-order valence-electron chi connectivity index (χ3n) is 6.96. The number of aromatic nitrogens is 5. The summed E-state index contributed by atoms with van der Waals surface area (Å²) in [5.74, 6) is 1.59. The van der Waals surface area contributed by atoms with Gasteiger partial charge in [-0.1, -0.05) is 6.07 Å². The highest BCUT2D eigenvalue weighted by molar-refractivity contribution is 5.86. The molecule has 2 N–H and O–H groups in total. The number of morpholine rings is 1. The second-order valence-corrected chi connectivity index (χ2v) is 9.28. The Morgan fingerprint density at radius 3 is 2.51 bits per heavy atom. The van der Waals surface area contributed by atoms with Crippen LogP contribution in [0.3, 0.4) is 0 Å². The summed E-state index contributed by atoms with van der Waals surface area (Å²) in [6.45, 7) is 5.99. The van der Waals surface area contributed by atoms with Crippen molar-refractivity contribution in [2.24, 2.45) is 0 Å². The summed E-state index contributed by atoms with van der Waals surface area (Å²) in [6.07, 6.45) is 7.85. The van der Waals surface area contributed by atoms with Gasteiger partial charge in [0.05, 0.1) is 19.5 Å². The zero-order chi connectivity index (χ0) is 23.6. The summed E-state index contributed by atoms with van der Waals surface area (Å²) < 4.78 is 7.85. The van der Waals surface area contributed by atoms with Crippen molar-refractivity contribution in [2.75, 3.05) is 50.0 Å². The number of nitrogen functional groups attached to an aromatic ring is 1. The lowest BCUT2D eigenvalue weighted by atomic mass is 10.0. The second-order valence-electron chi connectivity index (χ2n) is 9.28. The second kappa shape index (κ2) is 9.59. The predicted octanol–water partition coefficient (Wildman–Crippen LogP) is 3.14. The van der Waals surface area contributed by atoms with E-state index in [0.717, 1.165) is 73.8 Å². The molecule has 0 aliphatic carbocycles. The maximum absolute atomic E-state index is 5.92. The molecular weight excluding hydrogens is 440 g/mol. The van der Waals surface area contributed by atoms with E-state index >= 15 is 0 Å². The number of nitrogens with zero attached hydrogens (tertiary/aromatic N) is 7. The fourth-order valence-corrected chi connectivity index (χ4v) is 5.03. The normalized spacial score (nSPS) is 17.8. The Morgan fingerprint density at radius 1 is 0.971 bits per heavy atom. The van der Waals surface area contributed by atoms with Crippen molar-refractivity contribution in [1.29, 1.82) is 0 Å². The zero-order valence-corrected chi connectivity index (χ0v) is 19.8. The molecule has 35 heavy (non-hydrogen) atoms. The number of anilines is 2. The lowest BCUT2D eigenvalue weighted by Crippen LogP contribution is -2.37. The number of imidazole rings is 1. The number of pyridine rings is 1. The molecule has 0 bridgehead atoms. The van der Waals surface area contributed by atoms with Gasteiger partial charge in [0.15, 0.2) is 22.8 Å². The number of likely N-dealkylation sites (tertiary alicyclic amines) is 1. The van der Waals surface area contributed by atoms with Crippen molar-refractivity contribution in [3.63, 3.8) is 0 Å². The monoisotopic (exact) mass is 470 g/mol. The molecule has 3 aromatic heterocycles. The summed E-state index contributed by atoms with van der Waals surface area (Å²) >= 11 is 0. The highest BCUT2D eigenvalue weighted by Gasteiger charge is 2.26. The molecule has 0 amide bonds. The highest BCUT2D eigenvalue weighted by atomic mass is 16.5. The Bertz CT molecular complexity index is 1280. The summed E-state index contributed by atoms with van der Waals surface area (Å²) in [6, 6.07) is 12.3. The molecule has 0 unspecified atom stereocenters. The maximum Gasteiger partial charge on any atom is 0.166 e. The van der Waals surface area contributed by atoms with Gasteiger partial charge in [-0.25, -0.2) is 15.0 Å². The third kappa shape index (κ3) is 4.56. The largest absolute Gasteiger partial charge is 0.399 e. The van der Waals surface area contributed by atoms with Gasteiger partial charge in [-0.15, -0.1) is 0 Å². The topological polar surface area (TPSA) is 98.2 Å². The predicted molar refractivity (Wildman–Crippen MR) is 136 cm³/mol. The number of benzene rings is 1. The molecule has 9 nitrogen and oxygen atoms in total. The van der Waals surface area contributed by atoms with E-state index in [-0.39, 0.29) is 0 Å². The average molecular weight is 471 g/mol. The van der Waals surface area contributed by atoms with Crippen LogP contribution in [0.1, 0.15) is 24.4 Å². The van der Waals surface area contributed by atoms with E-state index < -0.39 is 0 Å². The van der Waals surface area contributed by atoms with Gasteiger partial charge in [-0.2, -0.15) is 0 Å². The van der Waals surface area contributed by atoms with Gasteiger partial charge >= 0.3 is 0 Å². The van der Waals surface area contributed by atoms with E-state index in [0.29, 0.717) is 25.1 Å². The van der Waals surface area contributed by atoms with Crippen molar-refractivity contribution in [3.8, 4) is 11.4 Å². The van der Waals surface area contributed by atoms with E-state index in [4.69, 9.17) is 25.4 Å². The molecule has 4 aromatic rings. The van der Waals surface area contributed by atoms with Gasteiger partial charge < -0.3 is 19.9 Å². The highest BCUT2D eigenvalue weighted by Crippen LogP contribution is 2.32. The number of fused-ring (bicyclic) bond motifs is 1. The minimum atomic E-state index is 0.358. The van der Waals surface area contributed by atoms with Gasteiger partial charge in [0.1, 0.15) is 0 Å². The summed E-state index contributed by atoms with van der Waals surface area (Å²) in [5.41, 5.74) is 10.6. The molecule has 9 heteroatoms. The molecule has 1 aromatic carbocycles. The fourth-order valence-electron chi connectivity index (χ4n) is 5.03.